The molecule has 0 aliphatic carbocycles. The smallest absolute Gasteiger partial charge is 0.462 e. The lowest BCUT2D eigenvalue weighted by Gasteiger charge is -2.24. The van der Waals surface area contributed by atoms with Gasteiger partial charge in [-0.15, -0.1) is 0 Å². The Morgan fingerprint density at radius 1 is 0.500 bits per heavy atom. The summed E-state index contributed by atoms with van der Waals surface area (Å²) in [5.74, 6) is -0.857. The molecule has 0 spiro atoms. The molecule has 9 nitrogen and oxygen atoms in total. The molecule has 0 rings (SSSR count). The van der Waals surface area contributed by atoms with E-state index in [1.54, 1.807) is 0 Å². The van der Waals surface area contributed by atoms with Crippen LogP contribution in [0.3, 0.4) is 0 Å². The van der Waals surface area contributed by atoms with Gasteiger partial charge in [-0.1, -0.05) is 204 Å². The van der Waals surface area contributed by atoms with Crippen LogP contribution >= 0.6 is 7.82 Å². The molecule has 0 fully saturated rings. The third kappa shape index (κ3) is 47.4. The van der Waals surface area contributed by atoms with Crippen molar-refractivity contribution in [1.29, 1.82) is 0 Å². The fourth-order valence-corrected chi connectivity index (χ4v) is 7.63. The van der Waals surface area contributed by atoms with Crippen LogP contribution in [0.25, 0.3) is 0 Å². The van der Waals surface area contributed by atoms with E-state index in [9.17, 15) is 19.0 Å². The number of nitrogens with zero attached hydrogens (tertiary/aromatic N) is 1. The summed E-state index contributed by atoms with van der Waals surface area (Å²) in [7, 11) is 1.45. The number of rotatable bonds is 46. The number of likely N-dealkylation sites (N-methyl/N-ethyl adjacent to an activating group) is 1. The van der Waals surface area contributed by atoms with Crippen LogP contribution in [0.1, 0.15) is 219 Å². The van der Waals surface area contributed by atoms with Crippen molar-refractivity contribution >= 4 is 19.8 Å². The SMILES string of the molecule is CCCCC/C=C/C/C=C/C/C=C/C/C=C/CCCC(=O)OC[C@H](COP(=O)(O)OCC[N+](C)(C)C)OC(=O)CCCCCCCCCCCCCCCCCCCCCCC. The van der Waals surface area contributed by atoms with Crippen LogP contribution in [0.4, 0.5) is 0 Å². The summed E-state index contributed by atoms with van der Waals surface area (Å²) in [5.41, 5.74) is 0. The molecule has 1 unspecified atom stereocenters. The largest absolute Gasteiger partial charge is 0.472 e. The molecule has 362 valence electrons. The van der Waals surface area contributed by atoms with Gasteiger partial charge in [0, 0.05) is 12.8 Å². The molecule has 0 bridgehead atoms. The van der Waals surface area contributed by atoms with Gasteiger partial charge in [-0.25, -0.2) is 4.57 Å². The third-order valence-electron chi connectivity index (χ3n) is 10.9. The second-order valence-corrected chi connectivity index (χ2v) is 19.7. The van der Waals surface area contributed by atoms with Gasteiger partial charge in [0.25, 0.3) is 0 Å². The molecular weight excluding hydrogens is 798 g/mol. The maximum Gasteiger partial charge on any atom is 0.472 e. The second kappa shape index (κ2) is 44.2. The van der Waals surface area contributed by atoms with Crippen LogP contribution in [0.5, 0.6) is 0 Å². The highest BCUT2D eigenvalue weighted by molar-refractivity contribution is 7.47. The predicted molar refractivity (Wildman–Crippen MR) is 261 cm³/mol. The Labute approximate surface area is 382 Å². The van der Waals surface area contributed by atoms with Gasteiger partial charge in [-0.05, 0) is 51.4 Å². The highest BCUT2D eigenvalue weighted by Gasteiger charge is 2.27. The molecular formula is C52H97NO8P+. The van der Waals surface area contributed by atoms with E-state index >= 15 is 0 Å². The Bertz CT molecular complexity index is 1190. The Kier molecular flexibility index (Phi) is 42.7. The molecule has 62 heavy (non-hydrogen) atoms. The summed E-state index contributed by atoms with van der Waals surface area (Å²) in [6.45, 7) is 4.36. The number of phosphoric acid groups is 1. The van der Waals surface area contributed by atoms with Crippen LogP contribution in [-0.2, 0) is 32.7 Å². The molecule has 0 saturated heterocycles. The summed E-state index contributed by atoms with van der Waals surface area (Å²) in [6.07, 6.45) is 53.2. The van der Waals surface area contributed by atoms with E-state index in [4.69, 9.17) is 18.5 Å². The number of carbonyl (C=O) groups is 2. The van der Waals surface area contributed by atoms with E-state index in [0.29, 0.717) is 23.9 Å². The average Bonchev–Trinajstić information content (AvgIpc) is 3.23. The monoisotopic (exact) mass is 895 g/mol. The predicted octanol–water partition coefficient (Wildman–Crippen LogP) is 15.0. The summed E-state index contributed by atoms with van der Waals surface area (Å²) >= 11 is 0. The number of quaternary nitrogens is 1. The topological polar surface area (TPSA) is 108 Å². The zero-order valence-electron chi connectivity index (χ0n) is 40.9. The minimum absolute atomic E-state index is 0.0234. The molecule has 0 saturated carbocycles. The number of carbonyl (C=O) groups excluding carboxylic acids is 2. The van der Waals surface area contributed by atoms with Gasteiger partial charge < -0.3 is 18.9 Å². The number of unbranched alkanes of at least 4 members (excludes halogenated alkanes) is 24. The summed E-state index contributed by atoms with van der Waals surface area (Å²) in [6, 6.07) is 0. The standard InChI is InChI=1S/C52H96NO8P/c1-6-8-10-12-14-16-18-20-22-24-25-26-27-29-31-33-35-37-39-41-43-45-52(55)61-50(49-60-62(56,57)59-47-46-53(3,4)5)48-58-51(54)44-42-40-38-36-34-32-30-28-23-21-19-17-15-13-11-9-7-2/h15,17,21,23,30,32,36,38,50H,6-14,16,18-20,22,24-29,31,33-35,37,39-49H2,1-5H3/p+1/b17-15+,23-21+,32-30+,38-36+/t50-/m1/s1. The molecule has 0 radical (unpaired) electrons. The van der Waals surface area contributed by atoms with Gasteiger partial charge in [0.1, 0.15) is 19.8 Å². The molecule has 0 aliphatic heterocycles. The summed E-state index contributed by atoms with van der Waals surface area (Å²) < 4.78 is 34.4. The zero-order valence-corrected chi connectivity index (χ0v) is 41.7. The lowest BCUT2D eigenvalue weighted by atomic mass is 10.0. The Morgan fingerprint density at radius 2 is 0.887 bits per heavy atom. The maximum absolute atomic E-state index is 12.8. The number of esters is 2. The first-order chi connectivity index (χ1) is 30.0. The van der Waals surface area contributed by atoms with Gasteiger partial charge in [-0.2, -0.15) is 0 Å². The van der Waals surface area contributed by atoms with Gasteiger partial charge in [0.2, 0.25) is 0 Å². The van der Waals surface area contributed by atoms with Crippen LogP contribution in [0, 0.1) is 0 Å². The highest BCUT2D eigenvalue weighted by atomic mass is 31.2. The van der Waals surface area contributed by atoms with E-state index in [2.05, 4.69) is 62.5 Å². The van der Waals surface area contributed by atoms with Crippen molar-refractivity contribution in [3.63, 3.8) is 0 Å². The first-order valence-electron chi connectivity index (χ1n) is 25.4. The Balaban J connectivity index is 4.31. The summed E-state index contributed by atoms with van der Waals surface area (Å²) in [4.78, 5) is 35.5. The lowest BCUT2D eigenvalue weighted by Crippen LogP contribution is -2.37. The lowest BCUT2D eigenvalue weighted by molar-refractivity contribution is -0.870. The second-order valence-electron chi connectivity index (χ2n) is 18.2. The van der Waals surface area contributed by atoms with E-state index in [1.165, 1.54) is 141 Å². The number of hydrogen-bond acceptors (Lipinski definition) is 7. The molecule has 0 aliphatic rings. The van der Waals surface area contributed by atoms with E-state index < -0.39 is 32.5 Å². The highest BCUT2D eigenvalue weighted by Crippen LogP contribution is 2.43. The number of ether oxygens (including phenoxy) is 2. The Morgan fingerprint density at radius 3 is 1.34 bits per heavy atom. The Hall–Kier alpha value is -2.03. The van der Waals surface area contributed by atoms with E-state index in [-0.39, 0.29) is 26.1 Å². The number of phosphoric ester groups is 1. The maximum atomic E-state index is 12.8. The molecule has 0 aromatic heterocycles. The quantitative estimate of drug-likeness (QED) is 0.0212. The minimum Gasteiger partial charge on any atom is -0.462 e. The molecule has 2 atom stereocenters. The molecule has 0 heterocycles. The fourth-order valence-electron chi connectivity index (χ4n) is 6.89. The molecule has 0 amide bonds. The van der Waals surface area contributed by atoms with Crippen LogP contribution in [0.15, 0.2) is 48.6 Å². The van der Waals surface area contributed by atoms with Gasteiger partial charge in [0.15, 0.2) is 6.10 Å². The van der Waals surface area contributed by atoms with E-state index in [0.717, 1.165) is 38.5 Å². The number of allylic oxidation sites excluding steroid dienone is 8. The fraction of sp³-hybridized carbons (Fsp3) is 0.808. The summed E-state index contributed by atoms with van der Waals surface area (Å²) in [5, 5.41) is 0. The van der Waals surface area contributed by atoms with Crippen molar-refractivity contribution in [1.82, 2.24) is 0 Å². The van der Waals surface area contributed by atoms with Crippen LogP contribution < -0.4 is 0 Å². The van der Waals surface area contributed by atoms with Crippen molar-refractivity contribution in [2.24, 2.45) is 0 Å². The third-order valence-corrected chi connectivity index (χ3v) is 11.8. The molecule has 0 aromatic rings. The number of hydrogen-bond donors (Lipinski definition) is 1. The van der Waals surface area contributed by atoms with Gasteiger partial charge in [-0.3, -0.25) is 18.6 Å². The van der Waals surface area contributed by atoms with Crippen molar-refractivity contribution < 1.29 is 42.1 Å². The normalized spacial score (nSPS) is 13.8. The minimum atomic E-state index is -4.39. The van der Waals surface area contributed by atoms with E-state index in [1.807, 2.05) is 21.1 Å². The first-order valence-corrected chi connectivity index (χ1v) is 26.9. The van der Waals surface area contributed by atoms with Crippen molar-refractivity contribution in [3.8, 4) is 0 Å². The average molecular weight is 895 g/mol. The first kappa shape index (κ1) is 60.0. The van der Waals surface area contributed by atoms with Crippen LogP contribution in [0.2, 0.25) is 0 Å². The molecule has 10 heteroatoms. The zero-order chi connectivity index (χ0) is 45.7. The van der Waals surface area contributed by atoms with Crippen LogP contribution in [-0.4, -0.2) is 74.9 Å². The molecule has 0 aromatic carbocycles. The van der Waals surface area contributed by atoms with Gasteiger partial charge in [0.05, 0.1) is 27.7 Å². The van der Waals surface area contributed by atoms with Crippen molar-refractivity contribution in [3.05, 3.63) is 48.6 Å². The molecule has 1 N–H and O–H groups in total. The van der Waals surface area contributed by atoms with Crippen molar-refractivity contribution in [2.75, 3.05) is 47.5 Å². The van der Waals surface area contributed by atoms with Gasteiger partial charge >= 0.3 is 19.8 Å². The van der Waals surface area contributed by atoms with Crippen molar-refractivity contribution in [2.45, 2.75) is 225 Å².